The molecule has 0 aromatic carbocycles. The molecule has 0 fully saturated rings. The average Bonchev–Trinajstić information content (AvgIpc) is 2.76. The van der Waals surface area contributed by atoms with E-state index < -0.39 is 0 Å². The second-order valence-electron chi connectivity index (χ2n) is 6.85. The Hall–Kier alpha value is -1.83. The van der Waals surface area contributed by atoms with Crippen LogP contribution in [0.5, 0.6) is 0 Å². The second kappa shape index (κ2) is 5.88. The van der Waals surface area contributed by atoms with Crippen molar-refractivity contribution in [3.63, 3.8) is 0 Å². The van der Waals surface area contributed by atoms with Crippen molar-refractivity contribution in [2.75, 3.05) is 0 Å². The van der Waals surface area contributed by atoms with Gasteiger partial charge in [-0.05, 0) is 19.3 Å². The van der Waals surface area contributed by atoms with Crippen LogP contribution in [0.3, 0.4) is 0 Å². The molecular formula is C16H24N4O. The van der Waals surface area contributed by atoms with E-state index in [1.54, 1.807) is 0 Å². The van der Waals surface area contributed by atoms with Crippen LogP contribution >= 0.6 is 0 Å². The molecule has 1 heterocycles. The number of nitriles is 1. The van der Waals surface area contributed by atoms with Crippen molar-refractivity contribution >= 4 is 5.91 Å². The van der Waals surface area contributed by atoms with Crippen molar-refractivity contribution in [2.24, 2.45) is 5.73 Å². The van der Waals surface area contributed by atoms with Gasteiger partial charge in [-0.1, -0.05) is 20.8 Å². The molecule has 0 aliphatic heterocycles. The monoisotopic (exact) mass is 288 g/mol. The lowest BCUT2D eigenvalue weighted by atomic mass is 9.78. The van der Waals surface area contributed by atoms with Crippen molar-refractivity contribution in [3.8, 4) is 6.07 Å². The van der Waals surface area contributed by atoms with Crippen molar-refractivity contribution in [1.82, 2.24) is 9.78 Å². The van der Waals surface area contributed by atoms with E-state index in [9.17, 15) is 4.79 Å². The van der Waals surface area contributed by atoms with Gasteiger partial charge in [0, 0.05) is 42.0 Å². The SMILES string of the molecule is CC(C)(C)c1nn(CCC(N)=O)c2c1C(CC#N)CCC2. The Kier molecular flexibility index (Phi) is 4.36. The first-order valence-electron chi connectivity index (χ1n) is 7.60. The molecule has 0 saturated heterocycles. The van der Waals surface area contributed by atoms with E-state index in [1.807, 2.05) is 4.68 Å². The summed E-state index contributed by atoms with van der Waals surface area (Å²) in [7, 11) is 0. The first-order valence-corrected chi connectivity index (χ1v) is 7.60. The smallest absolute Gasteiger partial charge is 0.219 e. The van der Waals surface area contributed by atoms with Crippen molar-refractivity contribution in [1.29, 1.82) is 5.26 Å². The van der Waals surface area contributed by atoms with E-state index in [1.165, 1.54) is 11.3 Å². The summed E-state index contributed by atoms with van der Waals surface area (Å²) in [6.07, 6.45) is 3.94. The molecule has 1 amide bonds. The summed E-state index contributed by atoms with van der Waals surface area (Å²) in [5, 5.41) is 13.8. The number of hydrogen-bond acceptors (Lipinski definition) is 3. The fourth-order valence-corrected chi connectivity index (χ4v) is 3.13. The van der Waals surface area contributed by atoms with Crippen LogP contribution in [0.1, 0.15) is 69.3 Å². The van der Waals surface area contributed by atoms with Crippen LogP contribution in [0.2, 0.25) is 0 Å². The summed E-state index contributed by atoms with van der Waals surface area (Å²) in [5.74, 6) is -0.0313. The van der Waals surface area contributed by atoms with Crippen LogP contribution in [0.4, 0.5) is 0 Å². The minimum atomic E-state index is -0.305. The van der Waals surface area contributed by atoms with Crippen LogP contribution in [0.25, 0.3) is 0 Å². The number of hydrogen-bond donors (Lipinski definition) is 1. The molecule has 1 atom stereocenters. The molecule has 1 aromatic heterocycles. The Morgan fingerprint density at radius 2 is 2.24 bits per heavy atom. The van der Waals surface area contributed by atoms with Gasteiger partial charge in [-0.25, -0.2) is 0 Å². The van der Waals surface area contributed by atoms with E-state index >= 15 is 0 Å². The van der Waals surface area contributed by atoms with E-state index in [4.69, 9.17) is 16.1 Å². The maximum absolute atomic E-state index is 11.0. The molecule has 2 N–H and O–H groups in total. The first kappa shape index (κ1) is 15.6. The third-order valence-electron chi connectivity index (χ3n) is 4.09. The molecule has 5 nitrogen and oxygen atoms in total. The number of nitrogens with zero attached hydrogens (tertiary/aromatic N) is 3. The zero-order valence-electron chi connectivity index (χ0n) is 13.1. The highest BCUT2D eigenvalue weighted by atomic mass is 16.1. The molecule has 1 aromatic rings. The number of fused-ring (bicyclic) bond motifs is 1. The number of aryl methyl sites for hydroxylation is 1. The Morgan fingerprint density at radius 3 is 2.81 bits per heavy atom. The van der Waals surface area contributed by atoms with Gasteiger partial charge in [0.05, 0.1) is 11.8 Å². The van der Waals surface area contributed by atoms with Gasteiger partial charge < -0.3 is 5.73 Å². The molecule has 1 aliphatic rings. The van der Waals surface area contributed by atoms with Gasteiger partial charge in [0.1, 0.15) is 0 Å². The average molecular weight is 288 g/mol. The number of carbonyl (C=O) groups excluding carboxylic acids is 1. The predicted molar refractivity (Wildman–Crippen MR) is 80.6 cm³/mol. The minimum absolute atomic E-state index is 0.0624. The lowest BCUT2D eigenvalue weighted by Gasteiger charge is -2.25. The van der Waals surface area contributed by atoms with E-state index in [0.717, 1.165) is 25.0 Å². The highest BCUT2D eigenvalue weighted by Gasteiger charge is 2.33. The molecule has 1 aliphatic carbocycles. The number of amides is 1. The Bertz CT molecular complexity index is 574. The minimum Gasteiger partial charge on any atom is -0.370 e. The quantitative estimate of drug-likeness (QED) is 0.923. The van der Waals surface area contributed by atoms with Crippen LogP contribution in [0, 0.1) is 11.3 Å². The van der Waals surface area contributed by atoms with E-state index in [0.29, 0.717) is 19.4 Å². The van der Waals surface area contributed by atoms with Crippen LogP contribution in [-0.4, -0.2) is 15.7 Å². The van der Waals surface area contributed by atoms with Gasteiger partial charge in [0.25, 0.3) is 0 Å². The van der Waals surface area contributed by atoms with E-state index in [2.05, 4.69) is 26.8 Å². The molecule has 114 valence electrons. The maximum Gasteiger partial charge on any atom is 0.219 e. The van der Waals surface area contributed by atoms with Gasteiger partial charge in [-0.15, -0.1) is 0 Å². The normalized spacial score (nSPS) is 18.1. The molecule has 0 spiro atoms. The van der Waals surface area contributed by atoms with Gasteiger partial charge in [0.2, 0.25) is 5.91 Å². The fraction of sp³-hybridized carbons (Fsp3) is 0.688. The Morgan fingerprint density at radius 1 is 1.52 bits per heavy atom. The van der Waals surface area contributed by atoms with Crippen LogP contribution in [0.15, 0.2) is 0 Å². The third kappa shape index (κ3) is 3.26. The number of primary amides is 1. The molecule has 0 radical (unpaired) electrons. The molecule has 0 bridgehead atoms. The molecule has 0 saturated carbocycles. The summed E-state index contributed by atoms with van der Waals surface area (Å²) >= 11 is 0. The lowest BCUT2D eigenvalue weighted by molar-refractivity contribution is -0.118. The van der Waals surface area contributed by atoms with Crippen LogP contribution in [-0.2, 0) is 23.2 Å². The molecule has 21 heavy (non-hydrogen) atoms. The standard InChI is InChI=1S/C16H24N4O/c1-16(2,3)15-14-11(7-9-17)5-4-6-12(14)20(19-15)10-8-13(18)21/h11H,4-8,10H2,1-3H3,(H2,18,21). The summed E-state index contributed by atoms with van der Waals surface area (Å²) in [6, 6.07) is 2.31. The number of carbonyl (C=O) groups is 1. The van der Waals surface area contributed by atoms with Crippen molar-refractivity contribution in [3.05, 3.63) is 17.0 Å². The van der Waals surface area contributed by atoms with Gasteiger partial charge in [-0.2, -0.15) is 10.4 Å². The highest BCUT2D eigenvalue weighted by molar-refractivity contribution is 5.73. The third-order valence-corrected chi connectivity index (χ3v) is 4.09. The lowest BCUT2D eigenvalue weighted by Crippen LogP contribution is -2.18. The second-order valence-corrected chi connectivity index (χ2v) is 6.85. The molecule has 1 unspecified atom stereocenters. The number of nitrogens with two attached hydrogens (primary N) is 1. The summed E-state index contributed by atoms with van der Waals surface area (Å²) in [5.41, 5.74) is 8.72. The molecule has 2 rings (SSSR count). The zero-order valence-corrected chi connectivity index (χ0v) is 13.1. The summed E-state index contributed by atoms with van der Waals surface area (Å²) < 4.78 is 1.95. The number of aromatic nitrogens is 2. The van der Waals surface area contributed by atoms with E-state index in [-0.39, 0.29) is 17.2 Å². The Balaban J connectivity index is 2.46. The Labute approximate surface area is 126 Å². The van der Waals surface area contributed by atoms with Crippen molar-refractivity contribution < 1.29 is 4.79 Å². The molecule has 5 heteroatoms. The van der Waals surface area contributed by atoms with Crippen LogP contribution < -0.4 is 5.73 Å². The van der Waals surface area contributed by atoms with Gasteiger partial charge in [-0.3, -0.25) is 9.48 Å². The number of rotatable bonds is 4. The summed E-state index contributed by atoms with van der Waals surface area (Å²) in [6.45, 7) is 6.97. The van der Waals surface area contributed by atoms with Gasteiger partial charge in [0.15, 0.2) is 0 Å². The molecular weight excluding hydrogens is 264 g/mol. The fourth-order valence-electron chi connectivity index (χ4n) is 3.13. The highest BCUT2D eigenvalue weighted by Crippen LogP contribution is 2.40. The summed E-state index contributed by atoms with van der Waals surface area (Å²) in [4.78, 5) is 11.0. The predicted octanol–water partition coefficient (Wildman–Crippen LogP) is 2.39. The first-order chi connectivity index (χ1) is 9.84. The maximum atomic E-state index is 11.0. The zero-order chi connectivity index (χ0) is 15.6. The van der Waals surface area contributed by atoms with Crippen molar-refractivity contribution in [2.45, 2.75) is 70.8 Å². The van der Waals surface area contributed by atoms with Gasteiger partial charge >= 0.3 is 0 Å². The largest absolute Gasteiger partial charge is 0.370 e. The topological polar surface area (TPSA) is 84.7 Å².